The lowest BCUT2D eigenvalue weighted by Crippen LogP contribution is -2.35. The second-order valence-corrected chi connectivity index (χ2v) is 5.87. The smallest absolute Gasteiger partial charge is 0.235 e. The first-order valence-corrected chi connectivity index (χ1v) is 8.46. The van der Waals surface area contributed by atoms with E-state index in [1.165, 1.54) is 7.11 Å². The van der Waals surface area contributed by atoms with E-state index >= 15 is 0 Å². The maximum Gasteiger partial charge on any atom is 0.235 e. The fourth-order valence-electron chi connectivity index (χ4n) is 2.38. The van der Waals surface area contributed by atoms with Crippen molar-refractivity contribution < 1.29 is 14.2 Å². The van der Waals surface area contributed by atoms with Crippen LogP contribution in [0.1, 0.15) is 12.8 Å². The number of methoxy groups -OCH3 is 1. The molecule has 7 nitrogen and oxygen atoms in total. The van der Waals surface area contributed by atoms with E-state index in [4.69, 9.17) is 26.4 Å². The number of anilines is 1. The molecule has 0 amide bonds. The Morgan fingerprint density at radius 1 is 1.28 bits per heavy atom. The highest BCUT2D eigenvalue weighted by Crippen LogP contribution is 2.23. The first-order chi connectivity index (χ1) is 12.2. The molecule has 0 bridgehead atoms. The van der Waals surface area contributed by atoms with E-state index in [0.29, 0.717) is 35.1 Å². The summed E-state index contributed by atoms with van der Waals surface area (Å²) in [7, 11) is 1.53. The summed E-state index contributed by atoms with van der Waals surface area (Å²) in [6.07, 6.45) is 2.33. The molecular weight excluding hydrogens is 340 g/mol. The molecular formula is C17H20N4O3S. The lowest BCUT2D eigenvalue weighted by atomic mass is 10.2. The molecule has 2 aromatic rings. The highest BCUT2D eigenvalue weighted by atomic mass is 32.1. The Bertz CT molecular complexity index is 708. The lowest BCUT2D eigenvalue weighted by molar-refractivity contribution is 0.114. The maximum atomic E-state index is 5.73. The SMILES string of the molecule is COc1cc(Oc2ccccc2)nc(NC(=S)NC[C@@H]2CCCO2)n1. The molecule has 0 unspecified atom stereocenters. The summed E-state index contributed by atoms with van der Waals surface area (Å²) in [5.74, 6) is 1.72. The Kier molecular flexibility index (Phi) is 5.97. The monoisotopic (exact) mass is 360 g/mol. The van der Waals surface area contributed by atoms with Crippen LogP contribution in [-0.4, -0.2) is 41.4 Å². The molecule has 1 fully saturated rings. The average Bonchev–Trinajstić information content (AvgIpc) is 3.14. The van der Waals surface area contributed by atoms with Gasteiger partial charge in [0, 0.05) is 13.2 Å². The van der Waals surface area contributed by atoms with Gasteiger partial charge >= 0.3 is 0 Å². The van der Waals surface area contributed by atoms with Gasteiger partial charge in [0.25, 0.3) is 0 Å². The van der Waals surface area contributed by atoms with Crippen molar-refractivity contribution in [3.63, 3.8) is 0 Å². The number of aromatic nitrogens is 2. The summed E-state index contributed by atoms with van der Waals surface area (Å²) in [6.45, 7) is 1.47. The van der Waals surface area contributed by atoms with Crippen LogP contribution in [0.5, 0.6) is 17.5 Å². The normalized spacial score (nSPS) is 16.3. The summed E-state index contributed by atoms with van der Waals surface area (Å²) in [5, 5.41) is 6.49. The minimum absolute atomic E-state index is 0.197. The third-order valence-corrected chi connectivity index (χ3v) is 3.84. The van der Waals surface area contributed by atoms with Gasteiger partial charge in [-0.1, -0.05) is 18.2 Å². The van der Waals surface area contributed by atoms with Gasteiger partial charge in [-0.25, -0.2) is 0 Å². The van der Waals surface area contributed by atoms with Gasteiger partial charge in [0.1, 0.15) is 5.75 Å². The molecule has 132 valence electrons. The fourth-order valence-corrected chi connectivity index (χ4v) is 2.56. The van der Waals surface area contributed by atoms with Gasteiger partial charge < -0.3 is 24.8 Å². The molecule has 1 aliphatic rings. The highest BCUT2D eigenvalue weighted by molar-refractivity contribution is 7.80. The van der Waals surface area contributed by atoms with Crippen molar-refractivity contribution in [1.82, 2.24) is 15.3 Å². The van der Waals surface area contributed by atoms with E-state index < -0.39 is 0 Å². The molecule has 0 spiro atoms. The minimum atomic E-state index is 0.197. The molecule has 8 heteroatoms. The van der Waals surface area contributed by atoms with Crippen molar-refractivity contribution in [2.45, 2.75) is 18.9 Å². The zero-order chi connectivity index (χ0) is 17.5. The van der Waals surface area contributed by atoms with E-state index in [2.05, 4.69) is 20.6 Å². The molecule has 1 atom stereocenters. The van der Waals surface area contributed by atoms with Crippen molar-refractivity contribution in [2.24, 2.45) is 0 Å². The van der Waals surface area contributed by atoms with E-state index in [-0.39, 0.29) is 6.10 Å². The van der Waals surface area contributed by atoms with Crippen LogP contribution in [0.25, 0.3) is 0 Å². The van der Waals surface area contributed by atoms with Crippen LogP contribution in [0.4, 0.5) is 5.95 Å². The first-order valence-electron chi connectivity index (χ1n) is 8.05. The van der Waals surface area contributed by atoms with E-state index in [1.54, 1.807) is 6.07 Å². The van der Waals surface area contributed by atoms with Crippen LogP contribution in [-0.2, 0) is 4.74 Å². The molecule has 2 heterocycles. The van der Waals surface area contributed by atoms with E-state index in [1.807, 2.05) is 30.3 Å². The molecule has 1 saturated heterocycles. The second kappa shape index (κ2) is 8.59. The number of ether oxygens (including phenoxy) is 3. The fraction of sp³-hybridized carbons (Fsp3) is 0.353. The number of benzene rings is 1. The minimum Gasteiger partial charge on any atom is -0.481 e. The largest absolute Gasteiger partial charge is 0.481 e. The van der Waals surface area contributed by atoms with Gasteiger partial charge in [-0.2, -0.15) is 9.97 Å². The van der Waals surface area contributed by atoms with Gasteiger partial charge in [0.05, 0.1) is 19.3 Å². The number of hydrogen-bond donors (Lipinski definition) is 2. The number of nitrogens with one attached hydrogen (secondary N) is 2. The number of hydrogen-bond acceptors (Lipinski definition) is 6. The van der Waals surface area contributed by atoms with Crippen molar-refractivity contribution >= 4 is 23.3 Å². The molecule has 1 aromatic carbocycles. The third kappa shape index (κ3) is 5.27. The van der Waals surface area contributed by atoms with E-state index in [9.17, 15) is 0 Å². The van der Waals surface area contributed by atoms with Crippen LogP contribution in [0, 0.1) is 0 Å². The van der Waals surface area contributed by atoms with Crippen LogP contribution in [0.2, 0.25) is 0 Å². The van der Waals surface area contributed by atoms with Crippen molar-refractivity contribution in [1.29, 1.82) is 0 Å². The zero-order valence-electron chi connectivity index (χ0n) is 13.9. The predicted octanol–water partition coefficient (Wildman–Crippen LogP) is 2.74. The average molecular weight is 360 g/mol. The molecule has 1 aliphatic heterocycles. The van der Waals surface area contributed by atoms with E-state index in [0.717, 1.165) is 19.4 Å². The number of nitrogens with zero attached hydrogens (tertiary/aromatic N) is 2. The molecule has 0 radical (unpaired) electrons. The molecule has 0 saturated carbocycles. The summed E-state index contributed by atoms with van der Waals surface area (Å²) < 4.78 is 16.5. The zero-order valence-corrected chi connectivity index (χ0v) is 14.7. The quantitative estimate of drug-likeness (QED) is 0.762. The molecule has 0 aliphatic carbocycles. The Balaban J connectivity index is 1.63. The van der Waals surface area contributed by atoms with Crippen LogP contribution < -0.4 is 20.1 Å². The summed E-state index contributed by atoms with van der Waals surface area (Å²) >= 11 is 5.28. The van der Waals surface area contributed by atoms with Gasteiger partial charge in [-0.3, -0.25) is 0 Å². The Morgan fingerprint density at radius 3 is 2.80 bits per heavy atom. The van der Waals surface area contributed by atoms with Crippen molar-refractivity contribution in [3.05, 3.63) is 36.4 Å². The van der Waals surface area contributed by atoms with Crippen LogP contribution in [0.15, 0.2) is 36.4 Å². The number of thiocarbonyl (C=S) groups is 1. The summed E-state index contributed by atoms with van der Waals surface area (Å²) in [4.78, 5) is 8.54. The molecule has 25 heavy (non-hydrogen) atoms. The van der Waals surface area contributed by atoms with Crippen LogP contribution in [0.3, 0.4) is 0 Å². The molecule has 2 N–H and O–H groups in total. The Labute approximate surface area is 151 Å². The number of para-hydroxylation sites is 1. The first kappa shape index (κ1) is 17.4. The van der Waals surface area contributed by atoms with Crippen LogP contribution >= 0.6 is 12.2 Å². The van der Waals surface area contributed by atoms with Gasteiger partial charge in [-0.15, -0.1) is 0 Å². The van der Waals surface area contributed by atoms with Gasteiger partial charge in [0.15, 0.2) is 5.11 Å². The summed E-state index contributed by atoms with van der Waals surface area (Å²) in [6, 6.07) is 11.0. The third-order valence-electron chi connectivity index (χ3n) is 3.59. The standard InChI is InChI=1S/C17H20N4O3S/c1-22-14-10-15(24-12-6-3-2-4-7-12)20-16(19-14)21-17(25)18-11-13-8-5-9-23-13/h2-4,6-7,10,13H,5,8-9,11H2,1H3,(H2,18,19,20,21,25)/t13-/m0/s1. The number of rotatable bonds is 6. The van der Waals surface area contributed by atoms with Gasteiger partial charge in [0.2, 0.25) is 17.7 Å². The second-order valence-electron chi connectivity index (χ2n) is 5.46. The lowest BCUT2D eigenvalue weighted by Gasteiger charge is -2.14. The topological polar surface area (TPSA) is 77.5 Å². The highest BCUT2D eigenvalue weighted by Gasteiger charge is 2.16. The van der Waals surface area contributed by atoms with Crippen molar-refractivity contribution in [2.75, 3.05) is 25.6 Å². The van der Waals surface area contributed by atoms with Crippen molar-refractivity contribution in [3.8, 4) is 17.5 Å². The van der Waals surface area contributed by atoms with Gasteiger partial charge in [-0.05, 0) is 37.2 Å². The predicted molar refractivity (Wildman–Crippen MR) is 98.3 cm³/mol. The Hall–Kier alpha value is -2.45. The molecule has 1 aromatic heterocycles. The summed E-state index contributed by atoms with van der Waals surface area (Å²) in [5.41, 5.74) is 0. The Morgan fingerprint density at radius 2 is 2.08 bits per heavy atom. The molecule has 3 rings (SSSR count). The maximum absolute atomic E-state index is 5.73.